The minimum atomic E-state index is 0. The Morgan fingerprint density at radius 1 is 0.962 bits per heavy atom. The summed E-state index contributed by atoms with van der Waals surface area (Å²) in [6.45, 7) is 3.87. The molecule has 2 bridgehead atoms. The van der Waals surface area contributed by atoms with Crippen molar-refractivity contribution in [1.82, 2.24) is 15.2 Å². The van der Waals surface area contributed by atoms with E-state index in [9.17, 15) is 4.79 Å². The van der Waals surface area contributed by atoms with E-state index in [-0.39, 0.29) is 30.7 Å². The standard InChI is InChI=1S/C19H28N4O.2ClH/c24-19(23-12-9-16-6-7-17(14-23)21-16)15-5-8-18(20-13-15)22-10-3-1-2-4-11-22;;/h5,8,13,16-17,21H,1-4,6-7,9-12,14H2;2*1H. The predicted octanol–water partition coefficient (Wildman–Crippen LogP) is 3.27. The maximum absolute atomic E-state index is 12.8. The summed E-state index contributed by atoms with van der Waals surface area (Å²) in [6.07, 6.45) is 10.4. The smallest absolute Gasteiger partial charge is 0.255 e. The van der Waals surface area contributed by atoms with Crippen molar-refractivity contribution in [3.8, 4) is 0 Å². The van der Waals surface area contributed by atoms with Gasteiger partial charge in [0.1, 0.15) is 5.82 Å². The highest BCUT2D eigenvalue weighted by Crippen LogP contribution is 2.22. The summed E-state index contributed by atoms with van der Waals surface area (Å²) in [7, 11) is 0. The van der Waals surface area contributed by atoms with E-state index in [1.54, 1.807) is 6.20 Å². The molecule has 0 aliphatic carbocycles. The van der Waals surface area contributed by atoms with Crippen LogP contribution in [0.15, 0.2) is 18.3 Å². The van der Waals surface area contributed by atoms with Gasteiger partial charge < -0.3 is 15.1 Å². The molecule has 5 nitrogen and oxygen atoms in total. The number of nitrogens with zero attached hydrogens (tertiary/aromatic N) is 3. The van der Waals surface area contributed by atoms with Gasteiger partial charge in [-0.15, -0.1) is 24.8 Å². The Bertz CT molecular complexity index is 575. The SMILES string of the molecule is Cl.Cl.O=C(c1ccc(N2CCCCCC2)nc1)N1CCC2CCC(C1)N2. The molecule has 4 heterocycles. The molecule has 26 heavy (non-hydrogen) atoms. The number of carbonyl (C=O) groups excluding carboxylic acids is 1. The second-order valence-electron chi connectivity index (χ2n) is 7.48. The lowest BCUT2D eigenvalue weighted by Crippen LogP contribution is -2.39. The van der Waals surface area contributed by atoms with E-state index >= 15 is 0 Å². The van der Waals surface area contributed by atoms with Gasteiger partial charge >= 0.3 is 0 Å². The molecule has 1 N–H and O–H groups in total. The molecule has 146 valence electrons. The normalized spacial score (nSPS) is 25.5. The quantitative estimate of drug-likeness (QED) is 0.827. The number of nitrogens with one attached hydrogen (secondary N) is 1. The number of halogens is 2. The van der Waals surface area contributed by atoms with E-state index in [1.807, 2.05) is 17.0 Å². The van der Waals surface area contributed by atoms with Crippen molar-refractivity contribution in [3.63, 3.8) is 0 Å². The number of fused-ring (bicyclic) bond motifs is 2. The molecule has 0 saturated carbocycles. The number of pyridine rings is 1. The van der Waals surface area contributed by atoms with E-state index in [2.05, 4.69) is 15.2 Å². The van der Waals surface area contributed by atoms with Crippen LogP contribution in [0.3, 0.4) is 0 Å². The summed E-state index contributed by atoms with van der Waals surface area (Å²) >= 11 is 0. The van der Waals surface area contributed by atoms with E-state index in [0.717, 1.165) is 44.0 Å². The van der Waals surface area contributed by atoms with E-state index in [4.69, 9.17) is 0 Å². The number of hydrogen-bond acceptors (Lipinski definition) is 4. The molecule has 2 atom stereocenters. The van der Waals surface area contributed by atoms with E-state index < -0.39 is 0 Å². The van der Waals surface area contributed by atoms with Crippen LogP contribution >= 0.6 is 24.8 Å². The average molecular weight is 401 g/mol. The molecule has 1 aromatic rings. The van der Waals surface area contributed by atoms with Crippen molar-refractivity contribution in [2.45, 2.75) is 57.0 Å². The molecule has 0 radical (unpaired) electrons. The van der Waals surface area contributed by atoms with Crippen LogP contribution in [0.1, 0.15) is 55.3 Å². The number of rotatable bonds is 2. The topological polar surface area (TPSA) is 48.5 Å². The van der Waals surface area contributed by atoms with Crippen LogP contribution in [0.4, 0.5) is 5.82 Å². The van der Waals surface area contributed by atoms with Crippen LogP contribution in [-0.2, 0) is 0 Å². The molecule has 7 heteroatoms. The van der Waals surface area contributed by atoms with Crippen molar-refractivity contribution in [3.05, 3.63) is 23.9 Å². The fraction of sp³-hybridized carbons (Fsp3) is 0.684. The zero-order chi connectivity index (χ0) is 16.4. The van der Waals surface area contributed by atoms with Gasteiger partial charge in [0.2, 0.25) is 0 Å². The van der Waals surface area contributed by atoms with Gasteiger partial charge in [0.15, 0.2) is 0 Å². The van der Waals surface area contributed by atoms with Crippen LogP contribution in [0, 0.1) is 0 Å². The summed E-state index contributed by atoms with van der Waals surface area (Å²) in [5.74, 6) is 1.16. The number of carbonyl (C=O) groups is 1. The summed E-state index contributed by atoms with van der Waals surface area (Å²) in [4.78, 5) is 21.8. The first-order valence-electron chi connectivity index (χ1n) is 9.56. The Hall–Kier alpha value is -1.04. The molecule has 3 aliphatic heterocycles. The molecular weight excluding hydrogens is 371 g/mol. The largest absolute Gasteiger partial charge is 0.357 e. The third kappa shape index (κ3) is 4.81. The highest BCUT2D eigenvalue weighted by molar-refractivity contribution is 5.94. The molecule has 4 rings (SSSR count). The summed E-state index contributed by atoms with van der Waals surface area (Å²) in [5.41, 5.74) is 0.728. The Morgan fingerprint density at radius 3 is 2.38 bits per heavy atom. The van der Waals surface area contributed by atoms with Gasteiger partial charge in [-0.3, -0.25) is 4.79 Å². The van der Waals surface area contributed by atoms with Gasteiger partial charge in [0.25, 0.3) is 5.91 Å². The average Bonchev–Trinajstić information content (AvgIpc) is 2.80. The van der Waals surface area contributed by atoms with Crippen molar-refractivity contribution in [2.75, 3.05) is 31.1 Å². The molecule has 3 saturated heterocycles. The molecule has 0 spiro atoms. The van der Waals surface area contributed by atoms with Crippen molar-refractivity contribution in [1.29, 1.82) is 0 Å². The molecule has 3 aliphatic rings. The third-order valence-corrected chi connectivity index (χ3v) is 5.74. The van der Waals surface area contributed by atoms with Crippen LogP contribution in [0.5, 0.6) is 0 Å². The molecular formula is C19H30Cl2N4O. The fourth-order valence-electron chi connectivity index (χ4n) is 4.31. The highest BCUT2D eigenvalue weighted by atomic mass is 35.5. The summed E-state index contributed by atoms with van der Waals surface area (Å²) < 4.78 is 0. The first kappa shape index (κ1) is 21.3. The summed E-state index contributed by atoms with van der Waals surface area (Å²) in [6, 6.07) is 5.08. The molecule has 0 aromatic carbocycles. The van der Waals surface area contributed by atoms with Crippen LogP contribution in [0.25, 0.3) is 0 Å². The number of hydrogen-bond donors (Lipinski definition) is 1. The maximum Gasteiger partial charge on any atom is 0.255 e. The predicted molar refractivity (Wildman–Crippen MR) is 110 cm³/mol. The lowest BCUT2D eigenvalue weighted by molar-refractivity contribution is 0.0748. The van der Waals surface area contributed by atoms with Crippen LogP contribution in [-0.4, -0.2) is 54.1 Å². The minimum Gasteiger partial charge on any atom is -0.357 e. The zero-order valence-corrected chi connectivity index (χ0v) is 16.9. The molecule has 2 unspecified atom stereocenters. The fourth-order valence-corrected chi connectivity index (χ4v) is 4.31. The van der Waals surface area contributed by atoms with Gasteiger partial charge in [-0.25, -0.2) is 4.98 Å². The number of amides is 1. The molecule has 1 amide bonds. The lowest BCUT2D eigenvalue weighted by Gasteiger charge is -2.25. The van der Waals surface area contributed by atoms with Gasteiger partial charge in [0, 0.05) is 44.5 Å². The minimum absolute atomic E-state index is 0. The second kappa shape index (κ2) is 9.77. The van der Waals surface area contributed by atoms with Gasteiger partial charge in [0.05, 0.1) is 5.56 Å². The number of likely N-dealkylation sites (tertiary alicyclic amines) is 1. The zero-order valence-electron chi connectivity index (χ0n) is 15.2. The van der Waals surface area contributed by atoms with Gasteiger partial charge in [-0.1, -0.05) is 12.8 Å². The van der Waals surface area contributed by atoms with Crippen molar-refractivity contribution < 1.29 is 4.79 Å². The lowest BCUT2D eigenvalue weighted by atomic mass is 10.1. The van der Waals surface area contributed by atoms with Crippen LogP contribution < -0.4 is 10.2 Å². The summed E-state index contributed by atoms with van der Waals surface area (Å²) in [5, 5.41) is 3.63. The number of aromatic nitrogens is 1. The molecule has 1 aromatic heterocycles. The highest BCUT2D eigenvalue weighted by Gasteiger charge is 2.31. The maximum atomic E-state index is 12.8. The molecule has 3 fully saturated rings. The Kier molecular flexibility index (Phi) is 7.99. The first-order valence-corrected chi connectivity index (χ1v) is 9.56. The third-order valence-electron chi connectivity index (χ3n) is 5.74. The Labute approximate surface area is 168 Å². The first-order chi connectivity index (χ1) is 11.8. The van der Waals surface area contributed by atoms with Crippen molar-refractivity contribution >= 4 is 36.5 Å². The number of anilines is 1. The van der Waals surface area contributed by atoms with Crippen LogP contribution in [0.2, 0.25) is 0 Å². The van der Waals surface area contributed by atoms with E-state index in [0.29, 0.717) is 12.1 Å². The van der Waals surface area contributed by atoms with Gasteiger partial charge in [-0.2, -0.15) is 0 Å². The Balaban J connectivity index is 0.00000121. The van der Waals surface area contributed by atoms with E-state index in [1.165, 1.54) is 38.5 Å². The van der Waals surface area contributed by atoms with Gasteiger partial charge in [-0.05, 0) is 44.2 Å². The second-order valence-corrected chi connectivity index (χ2v) is 7.48. The Morgan fingerprint density at radius 2 is 1.69 bits per heavy atom. The van der Waals surface area contributed by atoms with Crippen molar-refractivity contribution in [2.24, 2.45) is 0 Å². The monoisotopic (exact) mass is 400 g/mol.